The lowest BCUT2D eigenvalue weighted by Gasteiger charge is -2.22. The molecule has 0 saturated heterocycles. The fourth-order valence-electron chi connectivity index (χ4n) is 1.81. The maximum absolute atomic E-state index is 5.28. The normalized spacial score (nSPS) is 10.9. The van der Waals surface area contributed by atoms with E-state index in [1.165, 1.54) is 18.4 Å². The number of benzene rings is 1. The van der Waals surface area contributed by atoms with E-state index in [-0.39, 0.29) is 0 Å². The average Bonchev–Trinajstić information content (AvgIpc) is 2.38. The number of halogens is 2. The number of hydrogen-bond donors (Lipinski definition) is 0. The van der Waals surface area contributed by atoms with Crippen LogP contribution in [0.4, 0.5) is 0 Å². The second kappa shape index (κ2) is 8.94. The zero-order chi connectivity index (χ0) is 13.4. The Morgan fingerprint density at radius 1 is 1.28 bits per heavy atom. The summed E-state index contributed by atoms with van der Waals surface area (Å²) < 4.78 is 6.44. The molecule has 18 heavy (non-hydrogen) atoms. The minimum atomic E-state index is 0.919. The Morgan fingerprint density at radius 3 is 2.67 bits per heavy atom. The number of ether oxygens (including phenoxy) is 1. The summed E-state index contributed by atoms with van der Waals surface area (Å²) in [5.41, 5.74) is 1.28. The van der Waals surface area contributed by atoms with Crippen molar-refractivity contribution in [3.8, 4) is 5.75 Å². The summed E-state index contributed by atoms with van der Waals surface area (Å²) in [7, 11) is 1.71. The third-order valence-corrected chi connectivity index (χ3v) is 4.00. The molecule has 0 aliphatic carbocycles. The van der Waals surface area contributed by atoms with Crippen LogP contribution in [0.2, 0.25) is 0 Å². The number of alkyl halides is 1. The zero-order valence-electron chi connectivity index (χ0n) is 11.1. The lowest BCUT2D eigenvalue weighted by Crippen LogP contribution is -2.26. The second-order valence-corrected chi connectivity index (χ2v) is 5.92. The molecule has 0 aliphatic heterocycles. The summed E-state index contributed by atoms with van der Waals surface area (Å²) >= 11 is 7.14. The van der Waals surface area contributed by atoms with E-state index in [1.54, 1.807) is 7.11 Å². The van der Waals surface area contributed by atoms with Gasteiger partial charge in [0, 0.05) is 22.9 Å². The van der Waals surface area contributed by atoms with Gasteiger partial charge in [-0.1, -0.05) is 45.2 Å². The first kappa shape index (κ1) is 16.0. The fraction of sp³-hybridized carbons (Fsp3) is 0.571. The van der Waals surface area contributed by atoms with Crippen molar-refractivity contribution in [2.75, 3.05) is 25.5 Å². The highest BCUT2D eigenvalue weighted by molar-refractivity contribution is 9.10. The summed E-state index contributed by atoms with van der Waals surface area (Å²) in [6, 6.07) is 6.14. The summed E-state index contributed by atoms with van der Waals surface area (Å²) in [6.07, 6.45) is 2.48. The van der Waals surface area contributed by atoms with E-state index in [4.69, 9.17) is 4.74 Å². The highest BCUT2D eigenvalue weighted by atomic mass is 79.9. The first-order valence-electron chi connectivity index (χ1n) is 6.32. The Balaban J connectivity index is 2.72. The van der Waals surface area contributed by atoms with E-state index in [0.29, 0.717) is 0 Å². The zero-order valence-corrected chi connectivity index (χ0v) is 14.3. The van der Waals surface area contributed by atoms with E-state index in [1.807, 2.05) is 6.07 Å². The molecule has 0 radical (unpaired) electrons. The van der Waals surface area contributed by atoms with Gasteiger partial charge in [-0.05, 0) is 36.7 Å². The van der Waals surface area contributed by atoms with Crippen LogP contribution in [0.25, 0.3) is 0 Å². The Bertz CT molecular complexity index is 358. The van der Waals surface area contributed by atoms with Crippen molar-refractivity contribution in [3.05, 3.63) is 28.2 Å². The molecule has 102 valence electrons. The van der Waals surface area contributed by atoms with Crippen LogP contribution in [0.1, 0.15) is 25.3 Å². The highest BCUT2D eigenvalue weighted by Gasteiger charge is 2.08. The number of hydrogen-bond acceptors (Lipinski definition) is 2. The highest BCUT2D eigenvalue weighted by Crippen LogP contribution is 2.24. The Labute approximate surface area is 127 Å². The van der Waals surface area contributed by atoms with Crippen LogP contribution in [-0.2, 0) is 6.54 Å². The van der Waals surface area contributed by atoms with Gasteiger partial charge in [-0.25, -0.2) is 0 Å². The van der Waals surface area contributed by atoms with Gasteiger partial charge >= 0.3 is 0 Å². The van der Waals surface area contributed by atoms with Crippen molar-refractivity contribution in [2.24, 2.45) is 0 Å². The largest absolute Gasteiger partial charge is 0.497 e. The monoisotopic (exact) mass is 377 g/mol. The maximum atomic E-state index is 5.28. The molecule has 4 heteroatoms. The molecule has 2 nitrogen and oxygen atoms in total. The molecule has 1 aromatic rings. The standard InChI is InChI=1S/C14H21Br2NO/c1-3-4-8-17(9-7-15)11-12-10-13(18-2)5-6-14(12)16/h5-6,10H,3-4,7-9,11H2,1-2H3. The van der Waals surface area contributed by atoms with Crippen molar-refractivity contribution >= 4 is 31.9 Å². The molecule has 1 rings (SSSR count). The predicted octanol–water partition coefficient (Wildman–Crippen LogP) is 4.45. The van der Waals surface area contributed by atoms with Gasteiger partial charge in [0.25, 0.3) is 0 Å². The molecule has 0 atom stereocenters. The summed E-state index contributed by atoms with van der Waals surface area (Å²) in [4.78, 5) is 2.47. The lowest BCUT2D eigenvalue weighted by molar-refractivity contribution is 0.277. The van der Waals surface area contributed by atoms with Gasteiger partial charge in [0.05, 0.1) is 7.11 Å². The summed E-state index contributed by atoms with van der Waals surface area (Å²) in [5, 5.41) is 1.01. The van der Waals surface area contributed by atoms with Gasteiger partial charge < -0.3 is 4.74 Å². The topological polar surface area (TPSA) is 12.5 Å². The molecule has 0 heterocycles. The van der Waals surface area contributed by atoms with Crippen LogP contribution in [0, 0.1) is 0 Å². The molecule has 0 saturated carbocycles. The maximum Gasteiger partial charge on any atom is 0.119 e. The lowest BCUT2D eigenvalue weighted by atomic mass is 10.2. The Kier molecular flexibility index (Phi) is 7.95. The van der Waals surface area contributed by atoms with Gasteiger partial charge in [0.1, 0.15) is 5.75 Å². The van der Waals surface area contributed by atoms with Crippen molar-refractivity contribution < 1.29 is 4.74 Å². The van der Waals surface area contributed by atoms with Crippen LogP contribution in [0.15, 0.2) is 22.7 Å². The van der Waals surface area contributed by atoms with Crippen molar-refractivity contribution in [1.29, 1.82) is 0 Å². The predicted molar refractivity (Wildman–Crippen MR) is 84.7 cm³/mol. The Hall–Kier alpha value is -0.0600. The quantitative estimate of drug-likeness (QED) is 0.619. The van der Waals surface area contributed by atoms with E-state index in [2.05, 4.69) is 55.8 Å². The molecule has 0 bridgehead atoms. The minimum Gasteiger partial charge on any atom is -0.497 e. The third-order valence-electron chi connectivity index (χ3n) is 2.88. The number of rotatable bonds is 8. The molecule has 0 spiro atoms. The van der Waals surface area contributed by atoms with E-state index < -0.39 is 0 Å². The molecule has 0 amide bonds. The molecule has 0 N–H and O–H groups in total. The third kappa shape index (κ3) is 5.29. The van der Waals surface area contributed by atoms with E-state index in [0.717, 1.165) is 35.2 Å². The van der Waals surface area contributed by atoms with Crippen molar-refractivity contribution in [3.63, 3.8) is 0 Å². The van der Waals surface area contributed by atoms with E-state index in [9.17, 15) is 0 Å². The van der Waals surface area contributed by atoms with Crippen LogP contribution in [0.3, 0.4) is 0 Å². The molecular formula is C14H21Br2NO. The van der Waals surface area contributed by atoms with Crippen LogP contribution >= 0.6 is 31.9 Å². The van der Waals surface area contributed by atoms with Gasteiger partial charge in [0.2, 0.25) is 0 Å². The molecular weight excluding hydrogens is 358 g/mol. The SMILES string of the molecule is CCCCN(CCBr)Cc1cc(OC)ccc1Br. The molecule has 0 aromatic heterocycles. The molecule has 0 fully saturated rings. The molecule has 1 aromatic carbocycles. The van der Waals surface area contributed by atoms with Crippen molar-refractivity contribution in [2.45, 2.75) is 26.3 Å². The van der Waals surface area contributed by atoms with E-state index >= 15 is 0 Å². The molecule has 0 aliphatic rings. The van der Waals surface area contributed by atoms with Gasteiger partial charge in [-0.2, -0.15) is 0 Å². The minimum absolute atomic E-state index is 0.919. The second-order valence-electron chi connectivity index (χ2n) is 4.28. The average molecular weight is 379 g/mol. The number of unbranched alkanes of at least 4 members (excludes halogenated alkanes) is 1. The van der Waals surface area contributed by atoms with Gasteiger partial charge in [0.15, 0.2) is 0 Å². The Morgan fingerprint density at radius 2 is 2.06 bits per heavy atom. The summed E-state index contributed by atoms with van der Waals surface area (Å²) in [5.74, 6) is 0.919. The van der Waals surface area contributed by atoms with Crippen LogP contribution in [0.5, 0.6) is 5.75 Å². The van der Waals surface area contributed by atoms with Gasteiger partial charge in [-0.3, -0.25) is 4.90 Å². The fourth-order valence-corrected chi connectivity index (χ4v) is 2.68. The number of nitrogens with zero attached hydrogens (tertiary/aromatic N) is 1. The number of methoxy groups -OCH3 is 1. The first-order chi connectivity index (χ1) is 8.71. The molecule has 0 unspecified atom stereocenters. The summed E-state index contributed by atoms with van der Waals surface area (Å²) in [6.45, 7) is 5.41. The first-order valence-corrected chi connectivity index (χ1v) is 8.23. The van der Waals surface area contributed by atoms with Gasteiger partial charge in [-0.15, -0.1) is 0 Å². The van der Waals surface area contributed by atoms with Crippen LogP contribution in [-0.4, -0.2) is 30.4 Å². The van der Waals surface area contributed by atoms with Crippen LogP contribution < -0.4 is 4.74 Å². The van der Waals surface area contributed by atoms with Crippen molar-refractivity contribution in [1.82, 2.24) is 4.90 Å². The smallest absolute Gasteiger partial charge is 0.119 e.